The molecule has 2 aromatic rings. The lowest BCUT2D eigenvalue weighted by atomic mass is 10.2. The van der Waals surface area contributed by atoms with Gasteiger partial charge in [-0.15, -0.1) is 11.8 Å². The predicted octanol–water partition coefficient (Wildman–Crippen LogP) is 1.53. The molecule has 28 heavy (non-hydrogen) atoms. The zero-order valence-corrected chi connectivity index (χ0v) is 17.6. The van der Waals surface area contributed by atoms with E-state index in [1.54, 1.807) is 55.1 Å². The molecule has 0 aromatic heterocycles. The van der Waals surface area contributed by atoms with Crippen molar-refractivity contribution < 1.29 is 19.2 Å². The first-order valence-electron chi connectivity index (χ1n) is 9.03. The van der Waals surface area contributed by atoms with Crippen molar-refractivity contribution in [2.24, 2.45) is 0 Å². The summed E-state index contributed by atoms with van der Waals surface area (Å²) in [5.74, 6) is 0.604. The van der Waals surface area contributed by atoms with E-state index in [0.29, 0.717) is 12.2 Å². The molecule has 0 saturated heterocycles. The fourth-order valence-electron chi connectivity index (χ4n) is 2.70. The van der Waals surface area contributed by atoms with E-state index in [-0.39, 0.29) is 24.9 Å². The van der Waals surface area contributed by atoms with Gasteiger partial charge in [-0.05, 0) is 48.2 Å². The second-order valence-electron chi connectivity index (χ2n) is 6.69. The van der Waals surface area contributed by atoms with Gasteiger partial charge in [-0.25, -0.2) is 0 Å². The van der Waals surface area contributed by atoms with E-state index in [2.05, 4.69) is 17.4 Å². The van der Waals surface area contributed by atoms with Gasteiger partial charge in [0.15, 0.2) is 13.1 Å². The summed E-state index contributed by atoms with van der Waals surface area (Å²) in [5.41, 5.74) is 1.79. The lowest BCUT2D eigenvalue weighted by Gasteiger charge is -2.20. The summed E-state index contributed by atoms with van der Waals surface area (Å²) in [6, 6.07) is 15.3. The van der Waals surface area contributed by atoms with Crippen LogP contribution in [-0.4, -0.2) is 57.3 Å². The Kier molecular flexibility index (Phi) is 8.35. The third kappa shape index (κ3) is 6.90. The number of rotatable bonds is 9. The number of thioether (sulfide) groups is 1. The van der Waals surface area contributed by atoms with Gasteiger partial charge in [-0.1, -0.05) is 12.1 Å². The second kappa shape index (κ2) is 10.7. The smallest absolute Gasteiger partial charge is 0.279 e. The summed E-state index contributed by atoms with van der Waals surface area (Å²) >= 11 is 1.69. The Morgan fingerprint density at radius 3 is 2.29 bits per heavy atom. The molecule has 6 nitrogen and oxygen atoms in total. The van der Waals surface area contributed by atoms with E-state index in [1.807, 2.05) is 25.4 Å². The van der Waals surface area contributed by atoms with Gasteiger partial charge in [0, 0.05) is 24.2 Å². The second-order valence-corrected chi connectivity index (χ2v) is 7.56. The van der Waals surface area contributed by atoms with Crippen LogP contribution in [0.5, 0.6) is 5.75 Å². The van der Waals surface area contributed by atoms with Crippen LogP contribution in [0.4, 0.5) is 5.69 Å². The molecule has 0 spiro atoms. The number of hydrogen-bond acceptors (Lipinski definition) is 4. The zero-order valence-electron chi connectivity index (χ0n) is 16.8. The molecule has 2 N–H and O–H groups in total. The molecule has 150 valence electrons. The van der Waals surface area contributed by atoms with E-state index >= 15 is 0 Å². The minimum absolute atomic E-state index is 0.00342. The van der Waals surface area contributed by atoms with Crippen molar-refractivity contribution in [3.05, 3.63) is 54.1 Å². The van der Waals surface area contributed by atoms with Gasteiger partial charge in [-0.2, -0.15) is 0 Å². The van der Waals surface area contributed by atoms with Gasteiger partial charge in [0.2, 0.25) is 0 Å². The molecular formula is C21H28N3O3S+. The number of hydrogen-bond donors (Lipinski definition) is 2. The molecule has 0 saturated carbocycles. The quantitative estimate of drug-likeness (QED) is 0.625. The van der Waals surface area contributed by atoms with Crippen molar-refractivity contribution in [3.63, 3.8) is 0 Å². The highest BCUT2D eigenvalue weighted by molar-refractivity contribution is 7.98. The largest absolute Gasteiger partial charge is 0.497 e. The highest BCUT2D eigenvalue weighted by Gasteiger charge is 2.17. The molecule has 2 aromatic carbocycles. The zero-order chi connectivity index (χ0) is 20.5. The number of amides is 2. The number of nitrogens with one attached hydrogen (secondary N) is 2. The maximum atomic E-state index is 12.4. The summed E-state index contributed by atoms with van der Waals surface area (Å²) in [6.45, 7) is 1.03. The van der Waals surface area contributed by atoms with E-state index in [9.17, 15) is 9.59 Å². The van der Waals surface area contributed by atoms with E-state index in [0.717, 1.165) is 16.2 Å². The SMILES string of the molecule is COc1ccc(NC(=O)C[NH+](C)CC(=O)N(C)Cc2ccc(SC)cc2)cc1. The Morgan fingerprint density at radius 1 is 1.07 bits per heavy atom. The first-order valence-corrected chi connectivity index (χ1v) is 10.3. The summed E-state index contributed by atoms with van der Waals surface area (Å²) in [5, 5.41) is 2.84. The molecule has 0 fully saturated rings. The fraction of sp³-hybridized carbons (Fsp3) is 0.333. The molecule has 1 unspecified atom stereocenters. The lowest BCUT2D eigenvalue weighted by Crippen LogP contribution is -3.11. The summed E-state index contributed by atoms with van der Waals surface area (Å²) < 4.78 is 5.10. The molecular weight excluding hydrogens is 374 g/mol. The molecule has 1 atom stereocenters. The number of nitrogens with zero attached hydrogens (tertiary/aromatic N) is 1. The van der Waals surface area contributed by atoms with Gasteiger partial charge in [0.1, 0.15) is 5.75 Å². The van der Waals surface area contributed by atoms with Crippen LogP contribution in [0.2, 0.25) is 0 Å². The number of anilines is 1. The van der Waals surface area contributed by atoms with Crippen molar-refractivity contribution in [2.45, 2.75) is 11.4 Å². The Morgan fingerprint density at radius 2 is 1.71 bits per heavy atom. The summed E-state index contributed by atoms with van der Waals surface area (Å²) in [6.07, 6.45) is 2.04. The van der Waals surface area contributed by atoms with Gasteiger partial charge in [-0.3, -0.25) is 9.59 Å². The third-order valence-electron chi connectivity index (χ3n) is 4.29. The van der Waals surface area contributed by atoms with Crippen LogP contribution in [0.3, 0.4) is 0 Å². The lowest BCUT2D eigenvalue weighted by molar-refractivity contribution is -0.862. The molecule has 0 aliphatic rings. The van der Waals surface area contributed by atoms with Crippen molar-refractivity contribution in [1.29, 1.82) is 0 Å². The maximum Gasteiger partial charge on any atom is 0.279 e. The Bertz CT molecular complexity index is 778. The molecule has 0 aliphatic heterocycles. The van der Waals surface area contributed by atoms with Gasteiger partial charge >= 0.3 is 0 Å². The average molecular weight is 403 g/mol. The summed E-state index contributed by atoms with van der Waals surface area (Å²) in [7, 11) is 5.22. The van der Waals surface area contributed by atoms with Gasteiger partial charge < -0.3 is 19.9 Å². The van der Waals surface area contributed by atoms with Crippen LogP contribution < -0.4 is 15.0 Å². The number of ether oxygens (including phenoxy) is 1. The molecule has 2 amide bonds. The molecule has 0 heterocycles. The van der Waals surface area contributed by atoms with Gasteiger partial charge in [0.25, 0.3) is 11.8 Å². The van der Waals surface area contributed by atoms with Crippen LogP contribution in [0.1, 0.15) is 5.56 Å². The van der Waals surface area contributed by atoms with Crippen molar-refractivity contribution in [3.8, 4) is 5.75 Å². The third-order valence-corrected chi connectivity index (χ3v) is 5.04. The Labute approximate surface area is 170 Å². The van der Waals surface area contributed by atoms with E-state index in [4.69, 9.17) is 4.74 Å². The van der Waals surface area contributed by atoms with E-state index < -0.39 is 0 Å². The van der Waals surface area contributed by atoms with Crippen LogP contribution in [0.25, 0.3) is 0 Å². The number of quaternary nitrogens is 1. The van der Waals surface area contributed by atoms with E-state index in [1.165, 1.54) is 4.90 Å². The minimum atomic E-state index is -0.134. The standard InChI is InChI=1S/C21H27N3O3S/c1-23(14-20(25)22-17-7-9-18(27-3)10-8-17)15-21(26)24(2)13-16-5-11-19(28-4)12-6-16/h5-12H,13-15H2,1-4H3,(H,22,25)/p+1. The number of carbonyl (C=O) groups is 2. The molecule has 7 heteroatoms. The Balaban J connectivity index is 1.78. The monoisotopic (exact) mass is 402 g/mol. The molecule has 2 rings (SSSR count). The molecule has 0 bridgehead atoms. The predicted molar refractivity (Wildman–Crippen MR) is 113 cm³/mol. The van der Waals surface area contributed by atoms with Gasteiger partial charge in [0.05, 0.1) is 14.2 Å². The Hall–Kier alpha value is -2.51. The number of carbonyl (C=O) groups excluding carboxylic acids is 2. The molecule has 0 aliphatic carbocycles. The normalized spacial score (nSPS) is 11.6. The molecule has 0 radical (unpaired) electrons. The highest BCUT2D eigenvalue weighted by atomic mass is 32.2. The maximum absolute atomic E-state index is 12.4. The van der Waals surface area contributed by atoms with Crippen LogP contribution >= 0.6 is 11.8 Å². The van der Waals surface area contributed by atoms with Crippen LogP contribution in [0, 0.1) is 0 Å². The number of benzene rings is 2. The van der Waals surface area contributed by atoms with Crippen molar-refractivity contribution >= 4 is 29.3 Å². The first-order chi connectivity index (χ1) is 13.4. The van der Waals surface area contributed by atoms with Crippen molar-refractivity contribution in [2.75, 3.05) is 45.9 Å². The number of likely N-dealkylation sites (N-methyl/N-ethyl adjacent to an activating group) is 2. The van der Waals surface area contributed by atoms with Crippen molar-refractivity contribution in [1.82, 2.24) is 4.90 Å². The van der Waals surface area contributed by atoms with Crippen LogP contribution in [0.15, 0.2) is 53.4 Å². The number of methoxy groups -OCH3 is 1. The minimum Gasteiger partial charge on any atom is -0.497 e. The fourth-order valence-corrected chi connectivity index (χ4v) is 3.11. The van der Waals surface area contributed by atoms with Crippen LogP contribution in [-0.2, 0) is 16.1 Å². The summed E-state index contributed by atoms with van der Waals surface area (Å²) in [4.78, 5) is 28.4. The first kappa shape index (κ1) is 21.8. The highest BCUT2D eigenvalue weighted by Crippen LogP contribution is 2.16. The topological polar surface area (TPSA) is 63.1 Å². The average Bonchev–Trinajstić information content (AvgIpc) is 2.68.